The first-order chi connectivity index (χ1) is 8.33. The minimum Gasteiger partial charge on any atom is -0.352 e. The summed E-state index contributed by atoms with van der Waals surface area (Å²) in [6, 6.07) is 4.44. The van der Waals surface area contributed by atoms with Crippen LogP contribution < -0.4 is 10.0 Å². The molecular weight excluding hydrogens is 276 g/mol. The molecule has 100 valence electrons. The third kappa shape index (κ3) is 4.54. The fraction of sp³-hybridized carbons (Fsp3) is 0.364. The maximum atomic E-state index is 11.7. The maximum absolute atomic E-state index is 11.7. The Balaban J connectivity index is 2.97. The number of anilines is 1. The summed E-state index contributed by atoms with van der Waals surface area (Å²) in [6.45, 7) is 2.51. The van der Waals surface area contributed by atoms with Crippen LogP contribution in [0.15, 0.2) is 18.2 Å². The second kappa shape index (κ2) is 6.06. The highest BCUT2D eigenvalue weighted by Gasteiger charge is 2.11. The van der Waals surface area contributed by atoms with Gasteiger partial charge < -0.3 is 5.32 Å². The minimum absolute atomic E-state index is 0.198. The van der Waals surface area contributed by atoms with Crippen molar-refractivity contribution in [1.29, 1.82) is 0 Å². The molecule has 0 aliphatic heterocycles. The SMILES string of the molecule is CCCNC(=O)c1ccc(Cl)c(NS(C)(=O)=O)c1. The van der Waals surface area contributed by atoms with Crippen molar-refractivity contribution in [2.45, 2.75) is 13.3 Å². The average Bonchev–Trinajstić information content (AvgIpc) is 2.27. The summed E-state index contributed by atoms with van der Waals surface area (Å²) in [5.74, 6) is -0.259. The fourth-order valence-electron chi connectivity index (χ4n) is 1.29. The normalized spacial score (nSPS) is 11.1. The number of carbonyl (C=O) groups is 1. The number of hydrogen-bond donors (Lipinski definition) is 2. The largest absolute Gasteiger partial charge is 0.352 e. The number of hydrogen-bond acceptors (Lipinski definition) is 3. The third-order valence-electron chi connectivity index (χ3n) is 2.06. The van der Waals surface area contributed by atoms with Crippen LogP contribution in [0.3, 0.4) is 0 Å². The second-order valence-corrected chi connectivity index (χ2v) is 5.98. The number of sulfonamides is 1. The van der Waals surface area contributed by atoms with Gasteiger partial charge in [-0.3, -0.25) is 9.52 Å². The van der Waals surface area contributed by atoms with E-state index < -0.39 is 10.0 Å². The highest BCUT2D eigenvalue weighted by molar-refractivity contribution is 7.92. The first-order valence-corrected chi connectivity index (χ1v) is 7.66. The molecule has 0 fully saturated rings. The van der Waals surface area contributed by atoms with Gasteiger partial charge in [0.05, 0.1) is 17.0 Å². The molecule has 0 heterocycles. The van der Waals surface area contributed by atoms with Crippen molar-refractivity contribution < 1.29 is 13.2 Å². The lowest BCUT2D eigenvalue weighted by atomic mass is 10.2. The van der Waals surface area contributed by atoms with E-state index in [2.05, 4.69) is 10.0 Å². The Morgan fingerprint density at radius 2 is 2.06 bits per heavy atom. The number of amides is 1. The van der Waals surface area contributed by atoms with Crippen LogP contribution in [-0.4, -0.2) is 27.1 Å². The number of nitrogens with one attached hydrogen (secondary N) is 2. The summed E-state index contributed by atoms with van der Waals surface area (Å²) in [6.07, 6.45) is 1.85. The molecule has 0 bridgehead atoms. The zero-order chi connectivity index (χ0) is 13.8. The molecule has 0 atom stereocenters. The summed E-state index contributed by atoms with van der Waals surface area (Å²) >= 11 is 5.85. The first kappa shape index (κ1) is 14.8. The van der Waals surface area contributed by atoms with Crippen LogP contribution in [0.2, 0.25) is 5.02 Å². The molecule has 18 heavy (non-hydrogen) atoms. The minimum atomic E-state index is -3.43. The van der Waals surface area contributed by atoms with Crippen molar-refractivity contribution in [3.05, 3.63) is 28.8 Å². The van der Waals surface area contributed by atoms with Crippen LogP contribution in [0.4, 0.5) is 5.69 Å². The molecule has 1 aromatic rings. The van der Waals surface area contributed by atoms with E-state index in [1.807, 2.05) is 6.92 Å². The molecule has 0 saturated heterocycles. The van der Waals surface area contributed by atoms with Crippen LogP contribution >= 0.6 is 11.6 Å². The summed E-state index contributed by atoms with van der Waals surface area (Å²) in [4.78, 5) is 11.7. The van der Waals surface area contributed by atoms with Crippen LogP contribution in [0.25, 0.3) is 0 Å². The van der Waals surface area contributed by atoms with Crippen molar-refractivity contribution >= 4 is 33.2 Å². The van der Waals surface area contributed by atoms with Gasteiger partial charge in [-0.25, -0.2) is 8.42 Å². The van der Waals surface area contributed by atoms with E-state index in [0.29, 0.717) is 12.1 Å². The predicted octanol–water partition coefficient (Wildman–Crippen LogP) is 1.85. The highest BCUT2D eigenvalue weighted by atomic mass is 35.5. The van der Waals surface area contributed by atoms with Gasteiger partial charge in [-0.05, 0) is 24.6 Å². The molecule has 7 heteroatoms. The molecule has 0 aliphatic carbocycles. The van der Waals surface area contributed by atoms with Gasteiger partial charge in [0.2, 0.25) is 10.0 Å². The van der Waals surface area contributed by atoms with Crippen LogP contribution in [0.5, 0.6) is 0 Å². The molecule has 0 radical (unpaired) electrons. The van der Waals surface area contributed by atoms with Gasteiger partial charge in [-0.15, -0.1) is 0 Å². The molecule has 0 unspecified atom stereocenters. The average molecular weight is 291 g/mol. The monoisotopic (exact) mass is 290 g/mol. The zero-order valence-corrected chi connectivity index (χ0v) is 11.7. The molecule has 0 aliphatic rings. The Kier molecular flexibility index (Phi) is 4.98. The van der Waals surface area contributed by atoms with Gasteiger partial charge in [0.1, 0.15) is 0 Å². The smallest absolute Gasteiger partial charge is 0.251 e. The standard InChI is InChI=1S/C11H15ClN2O3S/c1-3-6-13-11(15)8-4-5-9(12)10(7-8)14-18(2,16)17/h4-5,7,14H,3,6H2,1-2H3,(H,13,15). The molecule has 1 aromatic carbocycles. The summed E-state index contributed by atoms with van der Waals surface area (Å²) in [7, 11) is -3.43. The topological polar surface area (TPSA) is 75.3 Å². The number of halogens is 1. The Bertz CT molecular complexity index is 543. The summed E-state index contributed by atoms with van der Waals surface area (Å²) < 4.78 is 24.5. The van der Waals surface area contributed by atoms with E-state index in [-0.39, 0.29) is 16.6 Å². The maximum Gasteiger partial charge on any atom is 0.251 e. The van der Waals surface area contributed by atoms with Gasteiger partial charge in [0, 0.05) is 12.1 Å². The van der Waals surface area contributed by atoms with Crippen molar-refractivity contribution in [3.63, 3.8) is 0 Å². The zero-order valence-electron chi connectivity index (χ0n) is 10.2. The Hall–Kier alpha value is -1.27. The molecular formula is C11H15ClN2O3S. The molecule has 0 saturated carbocycles. The van der Waals surface area contributed by atoms with E-state index in [4.69, 9.17) is 11.6 Å². The Morgan fingerprint density at radius 3 is 2.61 bits per heavy atom. The van der Waals surface area contributed by atoms with Crippen molar-refractivity contribution in [1.82, 2.24) is 5.32 Å². The quantitative estimate of drug-likeness (QED) is 0.869. The summed E-state index contributed by atoms with van der Waals surface area (Å²) in [5.41, 5.74) is 0.558. The number of rotatable bonds is 5. The molecule has 1 rings (SSSR count). The molecule has 1 amide bonds. The van der Waals surface area contributed by atoms with Gasteiger partial charge in [-0.2, -0.15) is 0 Å². The number of carbonyl (C=O) groups excluding carboxylic acids is 1. The Labute approximate surface area is 112 Å². The van der Waals surface area contributed by atoms with E-state index in [1.165, 1.54) is 12.1 Å². The molecule has 0 aromatic heterocycles. The lowest BCUT2D eigenvalue weighted by molar-refractivity contribution is 0.0953. The van der Waals surface area contributed by atoms with Crippen LogP contribution in [0.1, 0.15) is 23.7 Å². The van der Waals surface area contributed by atoms with Gasteiger partial charge in [0.15, 0.2) is 0 Å². The van der Waals surface area contributed by atoms with Crippen LogP contribution in [0, 0.1) is 0 Å². The van der Waals surface area contributed by atoms with Crippen molar-refractivity contribution in [2.24, 2.45) is 0 Å². The molecule has 2 N–H and O–H groups in total. The Morgan fingerprint density at radius 1 is 1.39 bits per heavy atom. The van der Waals surface area contributed by atoms with Gasteiger partial charge >= 0.3 is 0 Å². The van der Waals surface area contributed by atoms with E-state index >= 15 is 0 Å². The van der Waals surface area contributed by atoms with Crippen molar-refractivity contribution in [2.75, 3.05) is 17.5 Å². The van der Waals surface area contributed by atoms with E-state index in [9.17, 15) is 13.2 Å². The summed E-state index contributed by atoms with van der Waals surface area (Å²) in [5, 5.41) is 2.94. The van der Waals surface area contributed by atoms with E-state index in [1.54, 1.807) is 6.07 Å². The second-order valence-electron chi connectivity index (χ2n) is 3.82. The molecule has 5 nitrogen and oxygen atoms in total. The van der Waals surface area contributed by atoms with Gasteiger partial charge in [-0.1, -0.05) is 18.5 Å². The van der Waals surface area contributed by atoms with Gasteiger partial charge in [0.25, 0.3) is 5.91 Å². The van der Waals surface area contributed by atoms with E-state index in [0.717, 1.165) is 12.7 Å². The first-order valence-electron chi connectivity index (χ1n) is 5.39. The highest BCUT2D eigenvalue weighted by Crippen LogP contribution is 2.23. The lowest BCUT2D eigenvalue weighted by Crippen LogP contribution is -2.24. The van der Waals surface area contributed by atoms with Crippen LogP contribution in [-0.2, 0) is 10.0 Å². The lowest BCUT2D eigenvalue weighted by Gasteiger charge is -2.09. The third-order valence-corrected chi connectivity index (χ3v) is 2.98. The molecule has 0 spiro atoms. The van der Waals surface area contributed by atoms with Crippen molar-refractivity contribution in [3.8, 4) is 0 Å². The fourth-order valence-corrected chi connectivity index (χ4v) is 2.07. The predicted molar refractivity (Wildman–Crippen MR) is 72.5 cm³/mol. The number of benzene rings is 1.